The Morgan fingerprint density at radius 3 is 2.74 bits per heavy atom. The SMILES string of the molecule is CCc1c(-c2cc(Nc3ccncn3)c(=O)n(C)c2)cc(F)cc1N1CCn2c(cc3c2C2CCC3C2)C1=O. The normalized spacial score (nSPS) is 19.4. The Labute approximate surface area is 225 Å². The van der Waals surface area contributed by atoms with Gasteiger partial charge in [-0.25, -0.2) is 14.4 Å². The number of nitrogens with zero attached hydrogens (tertiary/aromatic N) is 5. The molecule has 1 saturated carbocycles. The number of hydrogen-bond donors (Lipinski definition) is 1. The lowest BCUT2D eigenvalue weighted by Crippen LogP contribution is -2.41. The first-order chi connectivity index (χ1) is 18.9. The molecule has 0 spiro atoms. The molecule has 3 aliphatic rings. The molecule has 198 valence electrons. The minimum atomic E-state index is -0.425. The van der Waals surface area contributed by atoms with E-state index in [1.54, 1.807) is 36.5 Å². The van der Waals surface area contributed by atoms with Gasteiger partial charge in [0, 0.05) is 49.7 Å². The van der Waals surface area contributed by atoms with E-state index in [0.717, 1.165) is 5.56 Å². The zero-order chi connectivity index (χ0) is 26.8. The molecule has 2 aliphatic carbocycles. The second-order valence-electron chi connectivity index (χ2n) is 10.8. The molecule has 9 heteroatoms. The summed E-state index contributed by atoms with van der Waals surface area (Å²) in [5.74, 6) is 1.13. The van der Waals surface area contributed by atoms with Crippen molar-refractivity contribution in [1.82, 2.24) is 19.1 Å². The fraction of sp³-hybridized carbons (Fsp3) is 0.333. The molecule has 8 nitrogen and oxygen atoms in total. The summed E-state index contributed by atoms with van der Waals surface area (Å²) in [6.45, 7) is 3.21. The number of fused-ring (bicyclic) bond motifs is 7. The lowest BCUT2D eigenvalue weighted by Gasteiger charge is -2.32. The van der Waals surface area contributed by atoms with Crippen LogP contribution in [0.25, 0.3) is 11.1 Å². The van der Waals surface area contributed by atoms with Gasteiger partial charge in [0.15, 0.2) is 0 Å². The molecule has 2 bridgehead atoms. The van der Waals surface area contributed by atoms with Crippen molar-refractivity contribution >= 4 is 23.1 Å². The first-order valence-electron chi connectivity index (χ1n) is 13.5. The van der Waals surface area contributed by atoms with Crippen LogP contribution in [-0.2, 0) is 20.0 Å². The molecule has 1 fully saturated rings. The molecule has 7 rings (SSSR count). The van der Waals surface area contributed by atoms with Gasteiger partial charge in [0.2, 0.25) is 0 Å². The number of pyridine rings is 1. The van der Waals surface area contributed by atoms with Crippen molar-refractivity contribution in [2.24, 2.45) is 7.05 Å². The highest BCUT2D eigenvalue weighted by Crippen LogP contribution is 2.54. The van der Waals surface area contributed by atoms with E-state index in [9.17, 15) is 9.59 Å². The topological polar surface area (TPSA) is 85.1 Å². The van der Waals surface area contributed by atoms with Crippen LogP contribution < -0.4 is 15.8 Å². The molecule has 1 aliphatic heterocycles. The van der Waals surface area contributed by atoms with Crippen molar-refractivity contribution < 1.29 is 9.18 Å². The van der Waals surface area contributed by atoms with E-state index in [0.29, 0.717) is 65.4 Å². The van der Waals surface area contributed by atoms with Crippen molar-refractivity contribution in [3.05, 3.63) is 87.7 Å². The molecule has 0 saturated heterocycles. The van der Waals surface area contributed by atoms with Crippen LogP contribution in [0, 0.1) is 5.82 Å². The predicted octanol–water partition coefficient (Wildman–Crippen LogP) is 5.11. The van der Waals surface area contributed by atoms with E-state index in [1.807, 2.05) is 6.92 Å². The number of nitrogens with one attached hydrogen (secondary N) is 1. The van der Waals surface area contributed by atoms with Crippen molar-refractivity contribution in [2.45, 2.75) is 51.0 Å². The Balaban J connectivity index is 1.30. The van der Waals surface area contributed by atoms with Crippen molar-refractivity contribution in [3.8, 4) is 11.1 Å². The zero-order valence-corrected chi connectivity index (χ0v) is 21.9. The molecule has 0 radical (unpaired) electrons. The molecule has 1 amide bonds. The summed E-state index contributed by atoms with van der Waals surface area (Å²) in [5, 5.41) is 3.06. The number of benzene rings is 1. The van der Waals surface area contributed by atoms with E-state index in [4.69, 9.17) is 0 Å². The number of amides is 1. The highest BCUT2D eigenvalue weighted by molar-refractivity contribution is 6.07. The minimum Gasteiger partial charge on any atom is -0.338 e. The Bertz CT molecular complexity index is 1690. The molecule has 39 heavy (non-hydrogen) atoms. The summed E-state index contributed by atoms with van der Waals surface area (Å²) in [6.07, 6.45) is 8.91. The molecular weight excluding hydrogens is 495 g/mol. The molecule has 4 aromatic rings. The fourth-order valence-corrected chi connectivity index (χ4v) is 6.91. The number of anilines is 3. The van der Waals surface area contributed by atoms with Crippen LogP contribution in [0.2, 0.25) is 0 Å². The van der Waals surface area contributed by atoms with Gasteiger partial charge < -0.3 is 19.4 Å². The average Bonchev–Trinajstić information content (AvgIpc) is 3.65. The van der Waals surface area contributed by atoms with Crippen molar-refractivity contribution in [2.75, 3.05) is 16.8 Å². The van der Waals surface area contributed by atoms with Gasteiger partial charge in [-0.15, -0.1) is 0 Å². The zero-order valence-electron chi connectivity index (χ0n) is 21.9. The molecule has 4 heterocycles. The van der Waals surface area contributed by atoms with Crippen LogP contribution in [0.3, 0.4) is 0 Å². The third-order valence-electron chi connectivity index (χ3n) is 8.61. The number of carbonyl (C=O) groups is 1. The maximum Gasteiger partial charge on any atom is 0.274 e. The Morgan fingerprint density at radius 2 is 1.95 bits per heavy atom. The van der Waals surface area contributed by atoms with E-state index < -0.39 is 5.82 Å². The smallest absolute Gasteiger partial charge is 0.274 e. The first-order valence-corrected chi connectivity index (χ1v) is 13.5. The van der Waals surface area contributed by atoms with Gasteiger partial charge in [0.25, 0.3) is 11.5 Å². The van der Waals surface area contributed by atoms with Crippen LogP contribution >= 0.6 is 0 Å². The summed E-state index contributed by atoms with van der Waals surface area (Å²) in [7, 11) is 1.66. The number of aryl methyl sites for hydroxylation is 1. The molecule has 2 atom stereocenters. The van der Waals surface area contributed by atoms with Gasteiger partial charge in [0.1, 0.15) is 29.3 Å². The van der Waals surface area contributed by atoms with Crippen LogP contribution in [0.5, 0.6) is 0 Å². The monoisotopic (exact) mass is 524 g/mol. The maximum absolute atomic E-state index is 15.2. The van der Waals surface area contributed by atoms with Gasteiger partial charge >= 0.3 is 0 Å². The molecule has 1 aromatic carbocycles. The first kappa shape index (κ1) is 23.8. The number of hydrogen-bond acceptors (Lipinski definition) is 5. The highest BCUT2D eigenvalue weighted by atomic mass is 19.1. The van der Waals surface area contributed by atoms with Gasteiger partial charge in [-0.1, -0.05) is 6.92 Å². The van der Waals surface area contributed by atoms with Gasteiger partial charge in [-0.2, -0.15) is 0 Å². The quantitative estimate of drug-likeness (QED) is 0.392. The second-order valence-corrected chi connectivity index (χ2v) is 10.8. The number of rotatable bonds is 5. The number of carbonyl (C=O) groups excluding carboxylic acids is 1. The molecule has 2 unspecified atom stereocenters. The maximum atomic E-state index is 15.2. The third kappa shape index (κ3) is 3.71. The third-order valence-corrected chi connectivity index (χ3v) is 8.61. The van der Waals surface area contributed by atoms with Crippen LogP contribution in [0.15, 0.2) is 53.8 Å². The van der Waals surface area contributed by atoms with E-state index >= 15 is 4.39 Å². The average molecular weight is 525 g/mol. The summed E-state index contributed by atoms with van der Waals surface area (Å²) in [6, 6.07) is 8.43. The second kappa shape index (κ2) is 8.90. The van der Waals surface area contributed by atoms with Crippen molar-refractivity contribution in [1.29, 1.82) is 0 Å². The summed E-state index contributed by atoms with van der Waals surface area (Å²) < 4.78 is 18.9. The highest BCUT2D eigenvalue weighted by Gasteiger charge is 2.43. The van der Waals surface area contributed by atoms with Gasteiger partial charge in [-0.05, 0) is 78.6 Å². The van der Waals surface area contributed by atoms with Gasteiger partial charge in [-0.3, -0.25) is 9.59 Å². The lowest BCUT2D eigenvalue weighted by molar-refractivity contribution is 0.0964. The standard InChI is InChI=1S/C30H29FN6O2/c1-3-21-22(19-11-24(29(38)35(2)15-19)34-27-6-7-32-16-33-27)12-20(31)13-25(21)37-9-8-36-26(30(37)39)14-23-17-4-5-18(10-17)28(23)36/h6-7,11-18H,3-5,8-10H2,1-2H3,(H,32,33,34). The molecular formula is C30H29FN6O2. The lowest BCUT2D eigenvalue weighted by atomic mass is 9.95. The molecule has 3 aromatic heterocycles. The largest absolute Gasteiger partial charge is 0.338 e. The molecule has 1 N–H and O–H groups in total. The number of aromatic nitrogens is 4. The fourth-order valence-electron chi connectivity index (χ4n) is 6.91. The van der Waals surface area contributed by atoms with E-state index in [2.05, 4.69) is 25.9 Å². The summed E-state index contributed by atoms with van der Waals surface area (Å²) in [5.41, 5.74) is 6.29. The Hall–Kier alpha value is -4.27. The predicted molar refractivity (Wildman–Crippen MR) is 147 cm³/mol. The minimum absolute atomic E-state index is 0.0760. The van der Waals surface area contributed by atoms with Crippen LogP contribution in [0.1, 0.15) is 65.3 Å². The van der Waals surface area contributed by atoms with E-state index in [1.165, 1.54) is 53.5 Å². The summed E-state index contributed by atoms with van der Waals surface area (Å²) in [4.78, 5) is 36.5. The van der Waals surface area contributed by atoms with Crippen LogP contribution in [0.4, 0.5) is 21.6 Å². The summed E-state index contributed by atoms with van der Waals surface area (Å²) >= 11 is 0. The number of halogens is 1. The van der Waals surface area contributed by atoms with Crippen LogP contribution in [-0.4, -0.2) is 31.6 Å². The Kier molecular flexibility index (Phi) is 5.43. The van der Waals surface area contributed by atoms with Crippen molar-refractivity contribution in [3.63, 3.8) is 0 Å². The Morgan fingerprint density at radius 1 is 1.10 bits per heavy atom. The van der Waals surface area contributed by atoms with Gasteiger partial charge in [0.05, 0.1) is 5.69 Å². The van der Waals surface area contributed by atoms with E-state index in [-0.39, 0.29) is 11.5 Å².